The normalized spacial score (nSPS) is 15.5. The molecule has 0 aromatic heterocycles. The zero-order valence-electron chi connectivity index (χ0n) is 41.2. The molecule has 0 bridgehead atoms. The maximum absolute atomic E-state index is 2.54. The number of fused-ring (bicyclic) bond motifs is 4. The second-order valence-electron chi connectivity index (χ2n) is 20.8. The van der Waals surface area contributed by atoms with Crippen molar-refractivity contribution in [1.29, 1.82) is 0 Å². The lowest BCUT2D eigenvalue weighted by Crippen LogP contribution is -2.29. The Kier molecular flexibility index (Phi) is 11.7. The zero-order chi connectivity index (χ0) is 47.8. The number of rotatable bonds is 10. The predicted octanol–water partition coefficient (Wildman–Crippen LogP) is 19.8. The van der Waals surface area contributed by atoms with Crippen molar-refractivity contribution in [3.05, 3.63) is 270 Å². The predicted molar refractivity (Wildman–Crippen MR) is 304 cm³/mol. The molecule has 10 aromatic rings. The van der Waals surface area contributed by atoms with E-state index in [0.29, 0.717) is 11.8 Å². The molecule has 0 heterocycles. The maximum Gasteiger partial charge on any atom is 0.0714 e. The third-order valence-corrected chi connectivity index (χ3v) is 16.7. The first-order valence-electron chi connectivity index (χ1n) is 26.8. The molecule has 3 aliphatic carbocycles. The number of benzene rings is 10. The van der Waals surface area contributed by atoms with Crippen molar-refractivity contribution in [3.8, 4) is 44.5 Å². The number of hydrogen-bond acceptors (Lipinski definition) is 1. The summed E-state index contributed by atoms with van der Waals surface area (Å²) in [5, 5.41) is 2.49. The molecule has 1 nitrogen and oxygen atoms in total. The molecule has 10 aromatic carbocycles. The average molecular weight is 928 g/mol. The molecule has 0 radical (unpaired) electrons. The summed E-state index contributed by atoms with van der Waals surface area (Å²) < 4.78 is 0. The molecular weight excluding hydrogens is 867 g/mol. The Morgan fingerprint density at radius 2 is 0.792 bits per heavy atom. The maximum atomic E-state index is 2.54. The fourth-order valence-electron chi connectivity index (χ4n) is 13.2. The quantitative estimate of drug-likeness (QED) is 0.132. The molecule has 2 fully saturated rings. The van der Waals surface area contributed by atoms with E-state index in [4.69, 9.17) is 0 Å². The van der Waals surface area contributed by atoms with Gasteiger partial charge < -0.3 is 4.90 Å². The Labute approximate surface area is 426 Å². The zero-order valence-corrected chi connectivity index (χ0v) is 41.2. The van der Waals surface area contributed by atoms with E-state index in [-0.39, 0.29) is 0 Å². The number of nitrogens with zero attached hydrogens (tertiary/aromatic N) is 1. The summed E-state index contributed by atoms with van der Waals surface area (Å²) in [6.45, 7) is 0. The van der Waals surface area contributed by atoms with Crippen molar-refractivity contribution in [3.63, 3.8) is 0 Å². The Balaban J connectivity index is 0.981. The molecule has 3 aliphatic rings. The van der Waals surface area contributed by atoms with Crippen molar-refractivity contribution in [2.45, 2.75) is 81.5 Å². The minimum atomic E-state index is -0.513. The second kappa shape index (κ2) is 19.1. The lowest BCUT2D eigenvalue weighted by Gasteiger charge is -2.35. The van der Waals surface area contributed by atoms with Crippen LogP contribution < -0.4 is 4.90 Å². The van der Waals surface area contributed by atoms with E-state index in [2.05, 4.69) is 241 Å². The van der Waals surface area contributed by atoms with E-state index >= 15 is 0 Å². The van der Waals surface area contributed by atoms with Gasteiger partial charge in [0, 0.05) is 17.1 Å². The van der Waals surface area contributed by atoms with Gasteiger partial charge in [0.1, 0.15) is 0 Å². The van der Waals surface area contributed by atoms with E-state index in [9.17, 15) is 0 Å². The van der Waals surface area contributed by atoms with E-state index in [1.165, 1.54) is 153 Å². The highest BCUT2D eigenvalue weighted by atomic mass is 15.1. The topological polar surface area (TPSA) is 3.24 Å². The SMILES string of the molecule is c1ccc(-c2cc3ccccc3cc2-c2ccc(N(c3ccc(-c4ccc(C5CCCCC5)cc4)cc3)c3ccc4c(c3)C(c3ccccc3)(c3ccccc3)c3cccc(C5CCCCC5)c3-4)cc2)cc1. The molecule has 0 aliphatic heterocycles. The van der Waals surface area contributed by atoms with Crippen LogP contribution in [0, 0.1) is 0 Å². The first-order valence-corrected chi connectivity index (χ1v) is 26.8. The molecule has 13 rings (SSSR count). The van der Waals surface area contributed by atoms with Gasteiger partial charge in [-0.1, -0.05) is 227 Å². The summed E-state index contributed by atoms with van der Waals surface area (Å²) in [5.41, 5.74) is 21.4. The highest BCUT2D eigenvalue weighted by Crippen LogP contribution is 2.59. The summed E-state index contributed by atoms with van der Waals surface area (Å²) >= 11 is 0. The monoisotopic (exact) mass is 927 g/mol. The summed E-state index contributed by atoms with van der Waals surface area (Å²) in [4.78, 5) is 2.49. The summed E-state index contributed by atoms with van der Waals surface area (Å²) in [7, 11) is 0. The first-order chi connectivity index (χ1) is 35.7. The Bertz CT molecular complexity index is 3450. The van der Waals surface area contributed by atoms with Crippen LogP contribution in [0.5, 0.6) is 0 Å². The van der Waals surface area contributed by atoms with Crippen LogP contribution in [-0.4, -0.2) is 0 Å². The lowest BCUT2D eigenvalue weighted by atomic mass is 9.67. The summed E-state index contributed by atoms with van der Waals surface area (Å²) in [6.07, 6.45) is 13.2. The van der Waals surface area contributed by atoms with E-state index in [1.807, 2.05) is 0 Å². The van der Waals surface area contributed by atoms with Gasteiger partial charge in [-0.05, 0) is 175 Å². The van der Waals surface area contributed by atoms with Crippen LogP contribution >= 0.6 is 0 Å². The van der Waals surface area contributed by atoms with E-state index in [0.717, 1.165) is 17.1 Å². The molecule has 0 spiro atoms. The second-order valence-corrected chi connectivity index (χ2v) is 20.8. The van der Waals surface area contributed by atoms with Crippen molar-refractivity contribution in [1.82, 2.24) is 0 Å². The highest BCUT2D eigenvalue weighted by Gasteiger charge is 2.47. The highest BCUT2D eigenvalue weighted by molar-refractivity contribution is 5.97. The van der Waals surface area contributed by atoms with Gasteiger partial charge in [0.15, 0.2) is 0 Å². The van der Waals surface area contributed by atoms with Crippen LogP contribution in [0.25, 0.3) is 55.3 Å². The lowest BCUT2D eigenvalue weighted by molar-refractivity contribution is 0.443. The minimum Gasteiger partial charge on any atom is -0.310 e. The Morgan fingerprint density at radius 1 is 0.319 bits per heavy atom. The minimum absolute atomic E-state index is 0.513. The van der Waals surface area contributed by atoms with Gasteiger partial charge in [0.05, 0.1) is 5.41 Å². The van der Waals surface area contributed by atoms with Gasteiger partial charge in [-0.25, -0.2) is 0 Å². The smallest absolute Gasteiger partial charge is 0.0714 e. The van der Waals surface area contributed by atoms with Gasteiger partial charge in [-0.15, -0.1) is 0 Å². The molecule has 1 heteroatoms. The van der Waals surface area contributed by atoms with Crippen LogP contribution in [0.4, 0.5) is 17.1 Å². The van der Waals surface area contributed by atoms with Crippen LogP contribution in [0.15, 0.2) is 237 Å². The molecular formula is C71H61N. The largest absolute Gasteiger partial charge is 0.310 e. The number of anilines is 3. The van der Waals surface area contributed by atoms with Gasteiger partial charge in [0.25, 0.3) is 0 Å². The van der Waals surface area contributed by atoms with Gasteiger partial charge in [0.2, 0.25) is 0 Å². The van der Waals surface area contributed by atoms with Crippen LogP contribution in [-0.2, 0) is 5.41 Å². The van der Waals surface area contributed by atoms with Crippen LogP contribution in [0.3, 0.4) is 0 Å². The molecule has 2 saturated carbocycles. The fraction of sp³-hybridized carbons (Fsp3) is 0.183. The van der Waals surface area contributed by atoms with Gasteiger partial charge in [-0.3, -0.25) is 0 Å². The first kappa shape index (κ1) is 44.2. The average Bonchev–Trinajstić information content (AvgIpc) is 3.77. The van der Waals surface area contributed by atoms with Crippen LogP contribution in [0.2, 0.25) is 0 Å². The van der Waals surface area contributed by atoms with Crippen molar-refractivity contribution in [2.75, 3.05) is 4.90 Å². The standard InChI is InChI=1S/C71H61N/c1-6-19-50(20-7-1)51-33-35-52(36-34-51)53-37-41-61(42-38-53)72(62-43-39-56(40-44-62)67-48-58-26-17-16-25-57(58)47-66(67)55-23-10-3-11-24-55)63-45-46-65-69(49-63)71(59-27-12-4-13-28-59,60-29-14-5-15-30-60)68-32-18-31-64(70(65)68)54-21-8-2-9-22-54/h3-5,10-18,23-50,54H,1-2,6-9,19-22H2. The van der Waals surface area contributed by atoms with Crippen molar-refractivity contribution in [2.24, 2.45) is 0 Å². The number of hydrogen-bond donors (Lipinski definition) is 0. The molecule has 0 saturated heterocycles. The van der Waals surface area contributed by atoms with Crippen molar-refractivity contribution < 1.29 is 0 Å². The summed E-state index contributed by atoms with van der Waals surface area (Å²) in [5.74, 6) is 1.26. The van der Waals surface area contributed by atoms with E-state index in [1.54, 1.807) is 0 Å². The van der Waals surface area contributed by atoms with Gasteiger partial charge in [-0.2, -0.15) is 0 Å². The molecule has 72 heavy (non-hydrogen) atoms. The third-order valence-electron chi connectivity index (χ3n) is 16.7. The van der Waals surface area contributed by atoms with Crippen molar-refractivity contribution >= 4 is 27.8 Å². The van der Waals surface area contributed by atoms with Gasteiger partial charge >= 0.3 is 0 Å². The molecule has 0 atom stereocenters. The third kappa shape index (κ3) is 7.87. The molecule has 0 unspecified atom stereocenters. The summed E-state index contributed by atoms with van der Waals surface area (Å²) in [6, 6.07) is 89.8. The fourth-order valence-corrected chi connectivity index (χ4v) is 13.2. The molecule has 350 valence electrons. The molecule has 0 N–H and O–H groups in total. The van der Waals surface area contributed by atoms with Crippen LogP contribution in [0.1, 0.15) is 109 Å². The Morgan fingerprint density at radius 3 is 1.36 bits per heavy atom. The Hall–Kier alpha value is -7.74. The molecule has 0 amide bonds. The van der Waals surface area contributed by atoms with E-state index < -0.39 is 5.41 Å².